The second kappa shape index (κ2) is 9.89. The van der Waals surface area contributed by atoms with Gasteiger partial charge in [-0.05, 0) is 42.9 Å². The number of benzene rings is 1. The van der Waals surface area contributed by atoms with Gasteiger partial charge in [0.15, 0.2) is 0 Å². The molecule has 1 aromatic rings. The summed E-state index contributed by atoms with van der Waals surface area (Å²) < 4.78 is 0. The molecule has 1 heteroatoms. The topological polar surface area (TPSA) is 20.2 Å². The highest BCUT2D eigenvalue weighted by molar-refractivity contribution is 5.39. The molecule has 0 amide bonds. The molecule has 0 spiro atoms. The number of phenolic OH excluding ortho intramolecular Hbond substituents is 1. The van der Waals surface area contributed by atoms with E-state index in [1.807, 2.05) is 12.1 Å². The third-order valence-corrected chi connectivity index (χ3v) is 3.83. The minimum absolute atomic E-state index is 0.502. The maximum atomic E-state index is 10.0. The molecule has 0 bridgehead atoms. The van der Waals surface area contributed by atoms with Crippen LogP contribution in [0, 0.1) is 0 Å². The lowest BCUT2D eigenvalue weighted by Crippen LogP contribution is -1.96. The van der Waals surface area contributed by atoms with Gasteiger partial charge in [-0.15, -0.1) is 0 Å². The van der Waals surface area contributed by atoms with Crippen LogP contribution in [0.2, 0.25) is 0 Å². The third kappa shape index (κ3) is 6.13. The zero-order valence-electron chi connectivity index (χ0n) is 12.8. The van der Waals surface area contributed by atoms with Crippen molar-refractivity contribution in [2.45, 2.75) is 78.1 Å². The molecule has 19 heavy (non-hydrogen) atoms. The Kier molecular flexibility index (Phi) is 8.36. The number of unbranched alkanes of at least 4 members (excludes halogenated alkanes) is 6. The zero-order valence-corrected chi connectivity index (χ0v) is 12.8. The molecular formula is C18H30O. The fraction of sp³-hybridized carbons (Fsp3) is 0.667. The molecule has 0 saturated carbocycles. The SMILES string of the molecule is CCCCCCCCc1c(O)cccc1CCCC. The standard InChI is InChI=1S/C18H30O/c1-3-5-7-8-9-10-14-17-16(12-6-4-2)13-11-15-18(17)19/h11,13,15,19H,3-10,12,14H2,1-2H3. The molecule has 1 N–H and O–H groups in total. The Labute approximate surface area is 119 Å². The molecule has 1 aromatic carbocycles. The van der Waals surface area contributed by atoms with E-state index in [1.54, 1.807) is 0 Å². The fourth-order valence-electron chi connectivity index (χ4n) is 2.59. The summed E-state index contributed by atoms with van der Waals surface area (Å²) in [5.74, 6) is 0.502. The summed E-state index contributed by atoms with van der Waals surface area (Å²) in [4.78, 5) is 0. The average Bonchev–Trinajstić information content (AvgIpc) is 2.42. The van der Waals surface area contributed by atoms with Gasteiger partial charge in [0.2, 0.25) is 0 Å². The van der Waals surface area contributed by atoms with Gasteiger partial charge in [0, 0.05) is 0 Å². The molecule has 108 valence electrons. The van der Waals surface area contributed by atoms with Crippen LogP contribution in [0.25, 0.3) is 0 Å². The molecule has 0 unspecified atom stereocenters. The predicted molar refractivity (Wildman–Crippen MR) is 83.8 cm³/mol. The van der Waals surface area contributed by atoms with Crippen LogP contribution in [0.3, 0.4) is 0 Å². The van der Waals surface area contributed by atoms with Gasteiger partial charge in [-0.1, -0.05) is 64.5 Å². The van der Waals surface area contributed by atoms with Crippen molar-refractivity contribution in [3.8, 4) is 5.75 Å². The van der Waals surface area contributed by atoms with Crippen LogP contribution in [0.5, 0.6) is 5.75 Å². The largest absolute Gasteiger partial charge is 0.508 e. The highest BCUT2D eigenvalue weighted by atomic mass is 16.3. The van der Waals surface area contributed by atoms with E-state index in [4.69, 9.17) is 0 Å². The molecule has 0 heterocycles. The Hall–Kier alpha value is -0.980. The van der Waals surface area contributed by atoms with Crippen LogP contribution < -0.4 is 0 Å². The number of rotatable bonds is 10. The number of phenols is 1. The summed E-state index contributed by atoms with van der Waals surface area (Å²) in [7, 11) is 0. The van der Waals surface area contributed by atoms with Crippen LogP contribution in [0.4, 0.5) is 0 Å². The molecule has 1 nitrogen and oxygen atoms in total. The second-order valence-electron chi connectivity index (χ2n) is 5.54. The van der Waals surface area contributed by atoms with Gasteiger partial charge in [0.1, 0.15) is 5.75 Å². The Balaban J connectivity index is 2.42. The van der Waals surface area contributed by atoms with Crippen molar-refractivity contribution in [3.05, 3.63) is 29.3 Å². The number of aryl methyl sites for hydroxylation is 1. The van der Waals surface area contributed by atoms with E-state index in [0.717, 1.165) is 12.8 Å². The number of hydrogen-bond donors (Lipinski definition) is 1. The van der Waals surface area contributed by atoms with Gasteiger partial charge < -0.3 is 5.11 Å². The first-order chi connectivity index (χ1) is 9.29. The van der Waals surface area contributed by atoms with Crippen LogP contribution in [-0.2, 0) is 12.8 Å². The summed E-state index contributed by atoms with van der Waals surface area (Å²) in [6.45, 7) is 4.47. The Bertz CT molecular complexity index is 344. The van der Waals surface area contributed by atoms with Crippen LogP contribution >= 0.6 is 0 Å². The van der Waals surface area contributed by atoms with E-state index in [9.17, 15) is 5.11 Å². The summed E-state index contributed by atoms with van der Waals surface area (Å²) in [5.41, 5.74) is 2.56. The molecule has 0 atom stereocenters. The van der Waals surface area contributed by atoms with Gasteiger partial charge in [-0.2, -0.15) is 0 Å². The molecule has 0 aliphatic heterocycles. The van der Waals surface area contributed by atoms with Gasteiger partial charge in [-0.3, -0.25) is 0 Å². The maximum Gasteiger partial charge on any atom is 0.119 e. The minimum atomic E-state index is 0.502. The molecular weight excluding hydrogens is 232 g/mol. The van der Waals surface area contributed by atoms with Gasteiger partial charge in [0.25, 0.3) is 0 Å². The summed E-state index contributed by atoms with van der Waals surface area (Å²) in [6, 6.07) is 5.99. The van der Waals surface area contributed by atoms with Gasteiger partial charge in [0.05, 0.1) is 0 Å². The van der Waals surface area contributed by atoms with Crippen molar-refractivity contribution in [2.75, 3.05) is 0 Å². The van der Waals surface area contributed by atoms with Crippen molar-refractivity contribution in [1.82, 2.24) is 0 Å². The van der Waals surface area contributed by atoms with Crippen molar-refractivity contribution in [1.29, 1.82) is 0 Å². The quantitative estimate of drug-likeness (QED) is 0.541. The normalized spacial score (nSPS) is 10.8. The third-order valence-electron chi connectivity index (χ3n) is 3.83. The van der Waals surface area contributed by atoms with Crippen LogP contribution in [0.15, 0.2) is 18.2 Å². The highest BCUT2D eigenvalue weighted by Crippen LogP contribution is 2.25. The number of hydrogen-bond acceptors (Lipinski definition) is 1. The average molecular weight is 262 g/mol. The summed E-state index contributed by atoms with van der Waals surface area (Å²) >= 11 is 0. The van der Waals surface area contributed by atoms with Gasteiger partial charge in [-0.25, -0.2) is 0 Å². The van der Waals surface area contributed by atoms with Crippen molar-refractivity contribution in [3.63, 3.8) is 0 Å². The summed E-state index contributed by atoms with van der Waals surface area (Å²) in [5, 5.41) is 10.0. The summed E-state index contributed by atoms with van der Waals surface area (Å²) in [6.07, 6.45) is 12.4. The first-order valence-electron chi connectivity index (χ1n) is 8.09. The molecule has 0 aliphatic carbocycles. The number of aromatic hydroxyl groups is 1. The first kappa shape index (κ1) is 16.1. The molecule has 1 rings (SSSR count). The van der Waals surface area contributed by atoms with Crippen molar-refractivity contribution >= 4 is 0 Å². The van der Waals surface area contributed by atoms with Gasteiger partial charge >= 0.3 is 0 Å². The molecule has 0 radical (unpaired) electrons. The molecule has 0 aliphatic rings. The highest BCUT2D eigenvalue weighted by Gasteiger charge is 2.07. The van der Waals surface area contributed by atoms with Crippen molar-refractivity contribution < 1.29 is 5.11 Å². The fourth-order valence-corrected chi connectivity index (χ4v) is 2.59. The van der Waals surface area contributed by atoms with E-state index in [2.05, 4.69) is 19.9 Å². The lowest BCUT2D eigenvalue weighted by atomic mass is 9.96. The molecule has 0 fully saturated rings. The lowest BCUT2D eigenvalue weighted by molar-refractivity contribution is 0.464. The van der Waals surface area contributed by atoms with Crippen LogP contribution in [-0.4, -0.2) is 5.11 Å². The lowest BCUT2D eigenvalue weighted by Gasteiger charge is -2.11. The van der Waals surface area contributed by atoms with Crippen molar-refractivity contribution in [2.24, 2.45) is 0 Å². The second-order valence-corrected chi connectivity index (χ2v) is 5.54. The molecule has 0 saturated heterocycles. The van der Waals surface area contributed by atoms with E-state index < -0.39 is 0 Å². The smallest absolute Gasteiger partial charge is 0.119 e. The predicted octanol–water partition coefficient (Wildman–Crippen LogP) is 5.64. The first-order valence-corrected chi connectivity index (χ1v) is 8.09. The minimum Gasteiger partial charge on any atom is -0.508 e. The Morgan fingerprint density at radius 3 is 2.21 bits per heavy atom. The van der Waals surface area contributed by atoms with E-state index in [1.165, 1.54) is 62.5 Å². The van der Waals surface area contributed by atoms with E-state index in [-0.39, 0.29) is 0 Å². The molecule has 0 aromatic heterocycles. The van der Waals surface area contributed by atoms with E-state index >= 15 is 0 Å². The Morgan fingerprint density at radius 1 is 0.789 bits per heavy atom. The monoisotopic (exact) mass is 262 g/mol. The van der Waals surface area contributed by atoms with E-state index in [0.29, 0.717) is 5.75 Å². The zero-order chi connectivity index (χ0) is 13.9. The van der Waals surface area contributed by atoms with Crippen LogP contribution in [0.1, 0.15) is 76.3 Å². The maximum absolute atomic E-state index is 10.0. The Morgan fingerprint density at radius 2 is 1.47 bits per heavy atom.